The second-order valence-corrected chi connectivity index (χ2v) is 6.74. The number of aromatic nitrogens is 3. The van der Waals surface area contributed by atoms with E-state index in [2.05, 4.69) is 44.7 Å². The van der Waals surface area contributed by atoms with Gasteiger partial charge in [0.05, 0.1) is 6.20 Å². The van der Waals surface area contributed by atoms with Crippen LogP contribution in [0.5, 0.6) is 11.5 Å². The van der Waals surface area contributed by atoms with Gasteiger partial charge in [-0.3, -0.25) is 0 Å². The van der Waals surface area contributed by atoms with Crippen LogP contribution < -0.4 is 19.7 Å². The van der Waals surface area contributed by atoms with Crippen molar-refractivity contribution in [2.75, 3.05) is 17.0 Å². The van der Waals surface area contributed by atoms with E-state index in [0.717, 1.165) is 17.1 Å². The number of nitrogens with one attached hydrogen (secondary N) is 1. The Hall–Kier alpha value is -4.13. The van der Waals surface area contributed by atoms with Crippen LogP contribution in [0.2, 0.25) is 0 Å². The molecule has 0 bridgehead atoms. The van der Waals surface area contributed by atoms with Crippen molar-refractivity contribution in [1.82, 2.24) is 15.2 Å². The van der Waals surface area contributed by atoms with E-state index in [4.69, 9.17) is 14.5 Å². The second kappa shape index (κ2) is 8.08. The molecule has 4 aromatic rings. The summed E-state index contributed by atoms with van der Waals surface area (Å²) in [6, 6.07) is 26.0. The third-order valence-electron chi connectivity index (χ3n) is 4.70. The van der Waals surface area contributed by atoms with E-state index in [1.165, 1.54) is 5.56 Å². The lowest BCUT2D eigenvalue weighted by Crippen LogP contribution is -2.18. The molecule has 0 aliphatic carbocycles. The molecule has 0 atom stereocenters. The van der Waals surface area contributed by atoms with E-state index in [9.17, 15) is 0 Å². The van der Waals surface area contributed by atoms with Gasteiger partial charge in [-0.2, -0.15) is 10.1 Å². The molecule has 30 heavy (non-hydrogen) atoms. The molecule has 7 heteroatoms. The van der Waals surface area contributed by atoms with E-state index in [1.54, 1.807) is 6.20 Å². The summed E-state index contributed by atoms with van der Waals surface area (Å²) in [6.45, 7) is 0.894. The number of hydrogen-bond donors (Lipinski definition) is 1. The fourth-order valence-electron chi connectivity index (χ4n) is 3.26. The van der Waals surface area contributed by atoms with Gasteiger partial charge in [-0.1, -0.05) is 48.5 Å². The standard InChI is InChI=1S/C23H19N5O2/c1-3-7-17(8-4-1)15-28(19-9-5-2-6-10-19)22-14-24-27-23(26-22)25-18-11-12-20-21(13-18)30-16-29-20/h1-14H,15-16H2,(H,25,26,27). The monoisotopic (exact) mass is 397 g/mol. The van der Waals surface area contributed by atoms with Crippen molar-refractivity contribution in [2.45, 2.75) is 6.54 Å². The maximum Gasteiger partial charge on any atom is 0.249 e. The summed E-state index contributed by atoms with van der Waals surface area (Å²) < 4.78 is 10.8. The molecule has 148 valence electrons. The molecule has 3 aromatic carbocycles. The van der Waals surface area contributed by atoms with Crippen LogP contribution in [-0.4, -0.2) is 22.0 Å². The van der Waals surface area contributed by atoms with Gasteiger partial charge in [0.2, 0.25) is 12.7 Å². The highest BCUT2D eigenvalue weighted by Crippen LogP contribution is 2.35. The highest BCUT2D eigenvalue weighted by atomic mass is 16.7. The summed E-state index contributed by atoms with van der Waals surface area (Å²) in [4.78, 5) is 6.81. The van der Waals surface area contributed by atoms with Crippen LogP contribution in [0.3, 0.4) is 0 Å². The normalized spacial score (nSPS) is 11.9. The van der Waals surface area contributed by atoms with E-state index >= 15 is 0 Å². The zero-order chi connectivity index (χ0) is 20.2. The maximum absolute atomic E-state index is 5.44. The average Bonchev–Trinajstić information content (AvgIpc) is 3.27. The first-order valence-electron chi connectivity index (χ1n) is 9.58. The van der Waals surface area contributed by atoms with E-state index in [0.29, 0.717) is 24.1 Å². The molecule has 0 fully saturated rings. The largest absolute Gasteiger partial charge is 0.454 e. The van der Waals surface area contributed by atoms with E-state index in [1.807, 2.05) is 54.6 Å². The van der Waals surface area contributed by atoms with Crippen LogP contribution in [0.1, 0.15) is 5.56 Å². The quantitative estimate of drug-likeness (QED) is 0.506. The molecule has 0 spiro atoms. The molecule has 0 saturated heterocycles. The molecule has 0 amide bonds. The van der Waals surface area contributed by atoms with Crippen LogP contribution in [0.4, 0.5) is 23.1 Å². The molecule has 1 N–H and O–H groups in total. The number of benzene rings is 3. The van der Waals surface area contributed by atoms with Crippen molar-refractivity contribution < 1.29 is 9.47 Å². The van der Waals surface area contributed by atoms with Gasteiger partial charge in [0.15, 0.2) is 17.3 Å². The first-order chi connectivity index (χ1) is 14.8. The predicted octanol–water partition coefficient (Wildman–Crippen LogP) is 4.68. The molecule has 1 aromatic heterocycles. The van der Waals surface area contributed by atoms with Crippen molar-refractivity contribution in [1.29, 1.82) is 0 Å². The van der Waals surface area contributed by atoms with E-state index in [-0.39, 0.29) is 6.79 Å². The smallest absolute Gasteiger partial charge is 0.249 e. The van der Waals surface area contributed by atoms with Gasteiger partial charge in [-0.15, -0.1) is 5.10 Å². The Kier molecular flexibility index (Phi) is 4.83. The number of rotatable bonds is 6. The SMILES string of the molecule is c1ccc(CN(c2ccccc2)c2cnnc(Nc3ccc4c(c3)OCO4)n2)cc1. The summed E-state index contributed by atoms with van der Waals surface area (Å²) in [5.41, 5.74) is 2.99. The Balaban J connectivity index is 1.44. The van der Waals surface area contributed by atoms with Crippen LogP contribution in [0, 0.1) is 0 Å². The molecule has 7 nitrogen and oxygen atoms in total. The third kappa shape index (κ3) is 3.86. The summed E-state index contributed by atoms with van der Waals surface area (Å²) in [7, 11) is 0. The Morgan fingerprint density at radius 3 is 2.47 bits per heavy atom. The highest BCUT2D eigenvalue weighted by molar-refractivity contribution is 5.63. The van der Waals surface area contributed by atoms with Gasteiger partial charge in [0, 0.05) is 24.0 Å². The molecule has 1 aliphatic rings. The Morgan fingerprint density at radius 2 is 1.63 bits per heavy atom. The topological polar surface area (TPSA) is 72.4 Å². The average molecular weight is 397 g/mol. The highest BCUT2D eigenvalue weighted by Gasteiger charge is 2.16. The Labute approximate surface area is 173 Å². The number of fused-ring (bicyclic) bond motifs is 1. The molecule has 0 unspecified atom stereocenters. The van der Waals surface area contributed by atoms with Crippen LogP contribution >= 0.6 is 0 Å². The lowest BCUT2D eigenvalue weighted by atomic mass is 10.2. The molecule has 0 saturated carbocycles. The maximum atomic E-state index is 5.44. The molecule has 2 heterocycles. The number of para-hydroxylation sites is 1. The Bertz CT molecular complexity index is 1140. The number of anilines is 4. The molecule has 0 radical (unpaired) electrons. The van der Waals surface area contributed by atoms with Crippen molar-refractivity contribution in [3.05, 3.63) is 90.6 Å². The van der Waals surface area contributed by atoms with E-state index < -0.39 is 0 Å². The summed E-state index contributed by atoms with van der Waals surface area (Å²) >= 11 is 0. The van der Waals surface area contributed by atoms with Gasteiger partial charge >= 0.3 is 0 Å². The lowest BCUT2D eigenvalue weighted by molar-refractivity contribution is 0.174. The summed E-state index contributed by atoms with van der Waals surface area (Å²) in [6.07, 6.45) is 1.67. The van der Waals surface area contributed by atoms with Crippen LogP contribution in [0.25, 0.3) is 0 Å². The fourth-order valence-corrected chi connectivity index (χ4v) is 3.26. The second-order valence-electron chi connectivity index (χ2n) is 6.74. The van der Waals surface area contributed by atoms with Crippen LogP contribution in [0.15, 0.2) is 85.1 Å². The zero-order valence-corrected chi connectivity index (χ0v) is 16.1. The minimum Gasteiger partial charge on any atom is -0.454 e. The van der Waals surface area contributed by atoms with Gasteiger partial charge in [-0.25, -0.2) is 0 Å². The third-order valence-corrected chi connectivity index (χ3v) is 4.70. The lowest BCUT2D eigenvalue weighted by Gasteiger charge is -2.24. The van der Waals surface area contributed by atoms with Crippen molar-refractivity contribution >= 4 is 23.1 Å². The molecule has 5 rings (SSSR count). The van der Waals surface area contributed by atoms with Gasteiger partial charge < -0.3 is 19.7 Å². The van der Waals surface area contributed by atoms with Gasteiger partial charge in [0.1, 0.15) is 0 Å². The number of ether oxygens (including phenoxy) is 2. The first-order valence-corrected chi connectivity index (χ1v) is 9.58. The van der Waals surface area contributed by atoms with Gasteiger partial charge in [-0.05, 0) is 29.8 Å². The summed E-state index contributed by atoms with van der Waals surface area (Å²) in [5, 5.41) is 11.5. The number of hydrogen-bond acceptors (Lipinski definition) is 7. The minimum absolute atomic E-state index is 0.234. The fraction of sp³-hybridized carbons (Fsp3) is 0.0870. The molecule has 1 aliphatic heterocycles. The Morgan fingerprint density at radius 1 is 0.867 bits per heavy atom. The first kappa shape index (κ1) is 17.9. The van der Waals surface area contributed by atoms with Crippen LogP contribution in [-0.2, 0) is 6.54 Å². The number of nitrogens with zero attached hydrogens (tertiary/aromatic N) is 4. The van der Waals surface area contributed by atoms with Crippen molar-refractivity contribution in [3.8, 4) is 11.5 Å². The molecular formula is C23H19N5O2. The summed E-state index contributed by atoms with van der Waals surface area (Å²) in [5.74, 6) is 2.52. The molecular weight excluding hydrogens is 378 g/mol. The zero-order valence-electron chi connectivity index (χ0n) is 16.1. The minimum atomic E-state index is 0.234. The predicted molar refractivity (Wildman–Crippen MR) is 114 cm³/mol. The van der Waals surface area contributed by atoms with Crippen molar-refractivity contribution in [3.63, 3.8) is 0 Å². The van der Waals surface area contributed by atoms with Gasteiger partial charge in [0.25, 0.3) is 0 Å². The van der Waals surface area contributed by atoms with Crippen molar-refractivity contribution in [2.24, 2.45) is 0 Å².